The lowest BCUT2D eigenvalue weighted by atomic mass is 10.1. The number of carbonyl (C=O) groups excluding carboxylic acids is 1. The van der Waals surface area contributed by atoms with Crippen LogP contribution in [0.4, 0.5) is 16.3 Å². The van der Waals surface area contributed by atoms with Gasteiger partial charge in [-0.05, 0) is 29.7 Å². The number of ether oxygens (including phenoxy) is 1. The van der Waals surface area contributed by atoms with Gasteiger partial charge in [-0.25, -0.2) is 19.6 Å². The van der Waals surface area contributed by atoms with Crippen LogP contribution in [0.15, 0.2) is 67.1 Å². The molecule has 178 valence electrons. The van der Waals surface area contributed by atoms with Gasteiger partial charge < -0.3 is 25.0 Å². The Kier molecular flexibility index (Phi) is 8.39. The number of amides is 1. The van der Waals surface area contributed by atoms with Gasteiger partial charge in [-0.2, -0.15) is 0 Å². The Balaban J connectivity index is 1.67. The lowest BCUT2D eigenvalue weighted by molar-refractivity contribution is -0.137. The Morgan fingerprint density at radius 2 is 1.74 bits per heavy atom. The molecule has 1 aromatic heterocycles. The van der Waals surface area contributed by atoms with Gasteiger partial charge in [-0.15, -0.1) is 0 Å². The highest BCUT2D eigenvalue weighted by Gasteiger charge is 2.21. The molecule has 1 atom stereocenters. The number of carbonyl (C=O) groups is 2. The number of aromatic nitrogens is 2. The van der Waals surface area contributed by atoms with Crippen molar-refractivity contribution in [2.75, 3.05) is 37.9 Å². The predicted octanol–water partition coefficient (Wildman–Crippen LogP) is 3.32. The van der Waals surface area contributed by atoms with Crippen molar-refractivity contribution in [2.45, 2.75) is 18.9 Å². The zero-order valence-electron chi connectivity index (χ0n) is 19.5. The van der Waals surface area contributed by atoms with Gasteiger partial charge in [0.15, 0.2) is 5.82 Å². The highest BCUT2D eigenvalue weighted by Crippen LogP contribution is 2.23. The standard InChI is InChI=1S/C25H29N5O4/c1-29(2)25(33)34-20-11-9-19(10-12-20)15-21(24(31)32)28-23-22(16-26-17-27-23)30(3)14-13-18-7-5-4-6-8-18/h4-12,16-17,21H,13-15H2,1-3H3,(H,31,32)(H,26,27,28)/t21-/m0/s1. The van der Waals surface area contributed by atoms with E-state index in [-0.39, 0.29) is 6.42 Å². The Hall–Kier alpha value is -4.14. The van der Waals surface area contributed by atoms with Crippen LogP contribution in [-0.2, 0) is 17.6 Å². The summed E-state index contributed by atoms with van der Waals surface area (Å²) in [5, 5.41) is 12.9. The summed E-state index contributed by atoms with van der Waals surface area (Å²) in [6.45, 7) is 0.719. The fraction of sp³-hybridized carbons (Fsp3) is 0.280. The summed E-state index contributed by atoms with van der Waals surface area (Å²) in [7, 11) is 5.12. The molecule has 0 unspecified atom stereocenters. The largest absolute Gasteiger partial charge is 0.480 e. The van der Waals surface area contributed by atoms with Crippen molar-refractivity contribution >= 4 is 23.6 Å². The minimum absolute atomic E-state index is 0.217. The topological polar surface area (TPSA) is 108 Å². The molecule has 9 heteroatoms. The van der Waals surface area contributed by atoms with E-state index in [1.807, 2.05) is 30.1 Å². The molecule has 0 bridgehead atoms. The number of anilines is 2. The van der Waals surface area contributed by atoms with Crippen molar-refractivity contribution in [3.8, 4) is 5.75 Å². The van der Waals surface area contributed by atoms with Crippen LogP contribution in [0, 0.1) is 0 Å². The van der Waals surface area contributed by atoms with Gasteiger partial charge in [0.2, 0.25) is 0 Å². The molecule has 0 aliphatic rings. The van der Waals surface area contributed by atoms with Crippen LogP contribution < -0.4 is 15.0 Å². The molecule has 0 radical (unpaired) electrons. The molecular weight excluding hydrogens is 434 g/mol. The number of carboxylic acid groups (broad SMARTS) is 1. The van der Waals surface area contributed by atoms with Crippen molar-refractivity contribution in [1.29, 1.82) is 0 Å². The lowest BCUT2D eigenvalue weighted by Gasteiger charge is -2.23. The third kappa shape index (κ3) is 6.93. The van der Waals surface area contributed by atoms with Crippen LogP contribution in [0.1, 0.15) is 11.1 Å². The molecule has 0 saturated carbocycles. The maximum atomic E-state index is 12.0. The predicted molar refractivity (Wildman–Crippen MR) is 130 cm³/mol. The van der Waals surface area contributed by atoms with E-state index in [1.165, 1.54) is 16.8 Å². The van der Waals surface area contributed by atoms with Gasteiger partial charge in [0.1, 0.15) is 18.1 Å². The van der Waals surface area contributed by atoms with Crippen LogP contribution in [0.25, 0.3) is 0 Å². The Morgan fingerprint density at radius 3 is 2.38 bits per heavy atom. The second kappa shape index (κ2) is 11.6. The summed E-state index contributed by atoms with van der Waals surface area (Å²) in [5.74, 6) is -0.158. The monoisotopic (exact) mass is 463 g/mol. The van der Waals surface area contributed by atoms with Crippen molar-refractivity contribution in [2.24, 2.45) is 0 Å². The van der Waals surface area contributed by atoms with Crippen LogP contribution in [0.5, 0.6) is 5.75 Å². The maximum Gasteiger partial charge on any atom is 0.414 e. The average molecular weight is 464 g/mol. The molecule has 0 aliphatic carbocycles. The maximum absolute atomic E-state index is 12.0. The molecule has 0 saturated heterocycles. The molecule has 3 aromatic rings. The molecule has 0 spiro atoms. The normalized spacial score (nSPS) is 11.4. The fourth-order valence-electron chi connectivity index (χ4n) is 3.26. The number of nitrogens with zero attached hydrogens (tertiary/aromatic N) is 4. The van der Waals surface area contributed by atoms with Gasteiger partial charge >= 0.3 is 12.1 Å². The highest BCUT2D eigenvalue weighted by atomic mass is 16.6. The van der Waals surface area contributed by atoms with Gasteiger partial charge in [0.25, 0.3) is 0 Å². The second-order valence-corrected chi connectivity index (χ2v) is 8.06. The molecular formula is C25H29N5O4. The van der Waals surface area contributed by atoms with E-state index >= 15 is 0 Å². The lowest BCUT2D eigenvalue weighted by Crippen LogP contribution is -2.33. The van der Waals surface area contributed by atoms with E-state index in [2.05, 4.69) is 27.4 Å². The Labute approximate surface area is 199 Å². The molecule has 2 N–H and O–H groups in total. The number of hydrogen-bond donors (Lipinski definition) is 2. The van der Waals surface area contributed by atoms with E-state index in [1.54, 1.807) is 44.6 Å². The third-order valence-electron chi connectivity index (χ3n) is 5.23. The van der Waals surface area contributed by atoms with Crippen molar-refractivity contribution in [1.82, 2.24) is 14.9 Å². The number of hydrogen-bond acceptors (Lipinski definition) is 7. The zero-order valence-corrected chi connectivity index (χ0v) is 19.5. The average Bonchev–Trinajstić information content (AvgIpc) is 2.84. The first-order valence-electron chi connectivity index (χ1n) is 10.9. The minimum Gasteiger partial charge on any atom is -0.480 e. The van der Waals surface area contributed by atoms with E-state index in [0.29, 0.717) is 11.6 Å². The van der Waals surface area contributed by atoms with Gasteiger partial charge in [-0.1, -0.05) is 42.5 Å². The summed E-state index contributed by atoms with van der Waals surface area (Å²) in [6.07, 6.45) is 3.63. The zero-order chi connectivity index (χ0) is 24.5. The van der Waals surface area contributed by atoms with Gasteiger partial charge in [-0.3, -0.25) is 0 Å². The van der Waals surface area contributed by atoms with E-state index in [4.69, 9.17) is 4.74 Å². The smallest absolute Gasteiger partial charge is 0.414 e. The number of likely N-dealkylation sites (N-methyl/N-ethyl adjacent to an activating group) is 1. The quantitative estimate of drug-likeness (QED) is 0.471. The number of rotatable bonds is 10. The van der Waals surface area contributed by atoms with E-state index < -0.39 is 18.1 Å². The molecule has 0 fully saturated rings. The first-order valence-corrected chi connectivity index (χ1v) is 10.9. The fourth-order valence-corrected chi connectivity index (χ4v) is 3.26. The first kappa shape index (κ1) is 24.5. The number of benzene rings is 2. The van der Waals surface area contributed by atoms with E-state index in [0.717, 1.165) is 24.2 Å². The summed E-state index contributed by atoms with van der Waals surface area (Å²) in [5.41, 5.74) is 2.71. The second-order valence-electron chi connectivity index (χ2n) is 8.06. The minimum atomic E-state index is -1.00. The van der Waals surface area contributed by atoms with Crippen LogP contribution in [0.3, 0.4) is 0 Å². The molecule has 0 aliphatic heterocycles. The van der Waals surface area contributed by atoms with Crippen molar-refractivity contribution in [3.05, 3.63) is 78.2 Å². The van der Waals surface area contributed by atoms with Crippen molar-refractivity contribution < 1.29 is 19.4 Å². The molecule has 3 rings (SSSR count). The number of nitrogens with one attached hydrogen (secondary N) is 1. The summed E-state index contributed by atoms with van der Waals surface area (Å²) in [6, 6.07) is 16.0. The molecule has 1 amide bonds. The third-order valence-corrected chi connectivity index (χ3v) is 5.23. The van der Waals surface area contributed by atoms with E-state index in [9.17, 15) is 14.7 Å². The number of aliphatic carboxylic acids is 1. The summed E-state index contributed by atoms with van der Waals surface area (Å²) in [4.78, 5) is 35.4. The Bertz CT molecular complexity index is 1090. The summed E-state index contributed by atoms with van der Waals surface area (Å²) >= 11 is 0. The molecule has 34 heavy (non-hydrogen) atoms. The molecule has 9 nitrogen and oxygen atoms in total. The Morgan fingerprint density at radius 1 is 1.03 bits per heavy atom. The summed E-state index contributed by atoms with van der Waals surface area (Å²) < 4.78 is 5.21. The first-order chi connectivity index (χ1) is 16.3. The van der Waals surface area contributed by atoms with Crippen LogP contribution in [0.2, 0.25) is 0 Å². The number of carboxylic acids is 1. The van der Waals surface area contributed by atoms with Crippen LogP contribution in [-0.4, -0.2) is 65.8 Å². The van der Waals surface area contributed by atoms with Crippen LogP contribution >= 0.6 is 0 Å². The SMILES string of the molecule is CN(C)C(=O)Oc1ccc(C[C@H](Nc2ncncc2N(C)CCc2ccccc2)C(=O)O)cc1. The highest BCUT2D eigenvalue weighted by molar-refractivity contribution is 5.79. The van der Waals surface area contributed by atoms with Crippen molar-refractivity contribution in [3.63, 3.8) is 0 Å². The molecule has 2 aromatic carbocycles. The van der Waals surface area contributed by atoms with Gasteiger partial charge in [0.05, 0.1) is 11.9 Å². The van der Waals surface area contributed by atoms with Gasteiger partial charge in [0, 0.05) is 34.1 Å². The molecule has 1 heterocycles.